The molecule has 0 saturated carbocycles. The first kappa shape index (κ1) is 15.1. The number of aryl methyl sites for hydroxylation is 1. The zero-order chi connectivity index (χ0) is 13.4. The van der Waals surface area contributed by atoms with Gasteiger partial charge in [0.15, 0.2) is 6.29 Å². The SMILES string of the molecule is CCCn1ccnc1CC(O)C(OCC)OCC. The Labute approximate surface area is 109 Å². The van der Waals surface area contributed by atoms with Gasteiger partial charge in [-0.25, -0.2) is 4.98 Å². The molecule has 104 valence electrons. The summed E-state index contributed by atoms with van der Waals surface area (Å²) in [6.45, 7) is 7.84. The predicted molar refractivity (Wildman–Crippen MR) is 69.3 cm³/mol. The van der Waals surface area contributed by atoms with Crippen molar-refractivity contribution in [1.29, 1.82) is 0 Å². The molecular formula is C13H24N2O3. The van der Waals surface area contributed by atoms with Crippen molar-refractivity contribution in [2.45, 2.75) is 52.6 Å². The molecular weight excluding hydrogens is 232 g/mol. The average molecular weight is 256 g/mol. The van der Waals surface area contributed by atoms with Gasteiger partial charge in [0.2, 0.25) is 0 Å². The molecule has 5 heteroatoms. The lowest BCUT2D eigenvalue weighted by Gasteiger charge is -2.22. The molecule has 1 heterocycles. The summed E-state index contributed by atoms with van der Waals surface area (Å²) in [4.78, 5) is 4.27. The van der Waals surface area contributed by atoms with Gasteiger partial charge in [-0.1, -0.05) is 6.92 Å². The summed E-state index contributed by atoms with van der Waals surface area (Å²) in [6, 6.07) is 0. The minimum Gasteiger partial charge on any atom is -0.387 e. The molecule has 0 amide bonds. The Kier molecular flexibility index (Phi) is 6.93. The molecule has 0 aliphatic heterocycles. The quantitative estimate of drug-likeness (QED) is 0.682. The van der Waals surface area contributed by atoms with E-state index >= 15 is 0 Å². The van der Waals surface area contributed by atoms with E-state index in [2.05, 4.69) is 16.5 Å². The highest BCUT2D eigenvalue weighted by atomic mass is 16.7. The maximum absolute atomic E-state index is 10.1. The van der Waals surface area contributed by atoms with Crippen LogP contribution in [0, 0.1) is 0 Å². The summed E-state index contributed by atoms with van der Waals surface area (Å²) < 4.78 is 12.8. The summed E-state index contributed by atoms with van der Waals surface area (Å²) in [5.74, 6) is 0.869. The van der Waals surface area contributed by atoms with Gasteiger partial charge in [-0.2, -0.15) is 0 Å². The Morgan fingerprint density at radius 3 is 2.50 bits per heavy atom. The molecule has 1 rings (SSSR count). The van der Waals surface area contributed by atoms with Gasteiger partial charge in [0.25, 0.3) is 0 Å². The highest BCUT2D eigenvalue weighted by Gasteiger charge is 2.21. The van der Waals surface area contributed by atoms with Crippen LogP contribution in [0.1, 0.15) is 33.0 Å². The molecule has 0 fully saturated rings. The minimum absolute atomic E-state index is 0.442. The standard InChI is InChI=1S/C13H24N2O3/c1-4-8-15-9-7-14-12(15)10-11(16)13(17-5-2)18-6-3/h7,9,11,13,16H,4-6,8,10H2,1-3H3. The molecule has 1 N–H and O–H groups in total. The van der Waals surface area contributed by atoms with E-state index in [0.29, 0.717) is 19.6 Å². The number of aliphatic hydroxyl groups excluding tert-OH is 1. The van der Waals surface area contributed by atoms with Gasteiger partial charge in [-0.3, -0.25) is 0 Å². The Morgan fingerprint density at radius 1 is 1.28 bits per heavy atom. The summed E-state index contributed by atoms with van der Waals surface area (Å²) in [7, 11) is 0. The lowest BCUT2D eigenvalue weighted by Crippen LogP contribution is -2.34. The fourth-order valence-electron chi connectivity index (χ4n) is 1.86. The lowest BCUT2D eigenvalue weighted by molar-refractivity contribution is -0.189. The van der Waals surface area contributed by atoms with Crippen molar-refractivity contribution in [3.8, 4) is 0 Å². The van der Waals surface area contributed by atoms with Gasteiger partial charge in [-0.05, 0) is 20.3 Å². The van der Waals surface area contributed by atoms with Crippen molar-refractivity contribution >= 4 is 0 Å². The molecule has 1 aromatic heterocycles. The molecule has 0 bridgehead atoms. The Morgan fingerprint density at radius 2 is 1.94 bits per heavy atom. The van der Waals surface area contributed by atoms with Crippen LogP contribution in [0.5, 0.6) is 0 Å². The van der Waals surface area contributed by atoms with Crippen LogP contribution >= 0.6 is 0 Å². The predicted octanol–water partition coefficient (Wildman–Crippen LogP) is 1.60. The van der Waals surface area contributed by atoms with Gasteiger partial charge in [0.1, 0.15) is 11.9 Å². The minimum atomic E-state index is -0.692. The van der Waals surface area contributed by atoms with Gasteiger partial charge in [-0.15, -0.1) is 0 Å². The van der Waals surface area contributed by atoms with Crippen molar-refractivity contribution in [3.05, 3.63) is 18.2 Å². The number of aromatic nitrogens is 2. The topological polar surface area (TPSA) is 56.5 Å². The van der Waals surface area contributed by atoms with E-state index in [1.807, 2.05) is 20.0 Å². The van der Waals surface area contributed by atoms with Gasteiger partial charge in [0.05, 0.1) is 0 Å². The fraction of sp³-hybridized carbons (Fsp3) is 0.769. The third-order valence-corrected chi connectivity index (χ3v) is 2.63. The van der Waals surface area contributed by atoms with E-state index in [1.54, 1.807) is 6.20 Å². The van der Waals surface area contributed by atoms with Crippen LogP contribution in [-0.4, -0.2) is 40.3 Å². The maximum atomic E-state index is 10.1. The monoisotopic (exact) mass is 256 g/mol. The van der Waals surface area contributed by atoms with Crippen molar-refractivity contribution < 1.29 is 14.6 Å². The number of hydrogen-bond acceptors (Lipinski definition) is 4. The highest BCUT2D eigenvalue weighted by Crippen LogP contribution is 2.09. The van der Waals surface area contributed by atoms with Crippen LogP contribution < -0.4 is 0 Å². The van der Waals surface area contributed by atoms with Gasteiger partial charge in [0, 0.05) is 38.6 Å². The summed E-state index contributed by atoms with van der Waals surface area (Å²) >= 11 is 0. The molecule has 18 heavy (non-hydrogen) atoms. The van der Waals surface area contributed by atoms with E-state index < -0.39 is 12.4 Å². The van der Waals surface area contributed by atoms with Crippen molar-refractivity contribution in [1.82, 2.24) is 9.55 Å². The molecule has 0 aliphatic carbocycles. The summed E-state index contributed by atoms with van der Waals surface area (Å²) in [5, 5.41) is 10.1. The molecule has 0 aliphatic rings. The zero-order valence-electron chi connectivity index (χ0n) is 11.5. The molecule has 5 nitrogen and oxygen atoms in total. The Balaban J connectivity index is 2.60. The number of imidazole rings is 1. The van der Waals surface area contributed by atoms with E-state index in [9.17, 15) is 5.11 Å². The summed E-state index contributed by atoms with van der Waals surface area (Å²) in [5.41, 5.74) is 0. The van der Waals surface area contributed by atoms with E-state index in [4.69, 9.17) is 9.47 Å². The van der Waals surface area contributed by atoms with Crippen molar-refractivity contribution in [3.63, 3.8) is 0 Å². The van der Waals surface area contributed by atoms with E-state index in [0.717, 1.165) is 18.8 Å². The molecule has 1 unspecified atom stereocenters. The number of hydrogen-bond donors (Lipinski definition) is 1. The molecule has 0 radical (unpaired) electrons. The third-order valence-electron chi connectivity index (χ3n) is 2.63. The molecule has 1 aromatic rings. The zero-order valence-corrected chi connectivity index (χ0v) is 11.5. The molecule has 0 spiro atoms. The smallest absolute Gasteiger partial charge is 0.183 e. The Bertz CT molecular complexity index is 322. The first-order valence-electron chi connectivity index (χ1n) is 6.64. The Hall–Kier alpha value is -0.910. The first-order valence-corrected chi connectivity index (χ1v) is 6.64. The summed E-state index contributed by atoms with van der Waals surface area (Å²) in [6.07, 6.45) is 3.91. The number of nitrogens with zero attached hydrogens (tertiary/aromatic N) is 2. The average Bonchev–Trinajstić information content (AvgIpc) is 2.77. The molecule has 1 atom stereocenters. The van der Waals surface area contributed by atoms with Crippen LogP contribution in [0.2, 0.25) is 0 Å². The second-order valence-electron chi connectivity index (χ2n) is 4.09. The normalized spacial score (nSPS) is 13.2. The van der Waals surface area contributed by atoms with Crippen LogP contribution in [0.25, 0.3) is 0 Å². The second-order valence-corrected chi connectivity index (χ2v) is 4.09. The third kappa shape index (κ3) is 4.40. The van der Waals surface area contributed by atoms with Crippen LogP contribution in [0.4, 0.5) is 0 Å². The first-order chi connectivity index (χ1) is 8.72. The van der Waals surface area contributed by atoms with Crippen LogP contribution in [-0.2, 0) is 22.4 Å². The fourth-order valence-corrected chi connectivity index (χ4v) is 1.86. The van der Waals surface area contributed by atoms with Crippen LogP contribution in [0.15, 0.2) is 12.4 Å². The number of rotatable bonds is 9. The highest BCUT2D eigenvalue weighted by molar-refractivity contribution is 4.94. The van der Waals surface area contributed by atoms with E-state index in [-0.39, 0.29) is 0 Å². The maximum Gasteiger partial charge on any atom is 0.183 e. The van der Waals surface area contributed by atoms with Crippen molar-refractivity contribution in [2.24, 2.45) is 0 Å². The van der Waals surface area contributed by atoms with Crippen LogP contribution in [0.3, 0.4) is 0 Å². The lowest BCUT2D eigenvalue weighted by atomic mass is 10.2. The van der Waals surface area contributed by atoms with E-state index in [1.165, 1.54) is 0 Å². The van der Waals surface area contributed by atoms with Gasteiger partial charge >= 0.3 is 0 Å². The largest absolute Gasteiger partial charge is 0.387 e. The molecule has 0 aromatic carbocycles. The van der Waals surface area contributed by atoms with Gasteiger partial charge < -0.3 is 19.1 Å². The number of ether oxygens (including phenoxy) is 2. The molecule has 0 saturated heterocycles. The van der Waals surface area contributed by atoms with Crippen molar-refractivity contribution in [2.75, 3.05) is 13.2 Å². The second kappa shape index (κ2) is 8.24. The number of aliphatic hydroxyl groups is 1.